The largest absolute Gasteiger partial charge is 0.502 e. The first kappa shape index (κ1) is 51.7. The maximum absolute atomic E-state index is 13.8. The number of carbonyl (C=O) groups is 3. The van der Waals surface area contributed by atoms with Crippen LogP contribution in [-0.4, -0.2) is 91.8 Å². The van der Waals surface area contributed by atoms with E-state index in [0.717, 1.165) is 69.7 Å². The van der Waals surface area contributed by atoms with Crippen LogP contribution in [-0.2, 0) is 35.2 Å². The zero-order chi connectivity index (χ0) is 52.0. The third kappa shape index (κ3) is 9.62. The van der Waals surface area contributed by atoms with Crippen LogP contribution < -0.4 is 21.3 Å². The van der Waals surface area contributed by atoms with Gasteiger partial charge in [-0.2, -0.15) is 10.2 Å². The third-order valence-corrected chi connectivity index (χ3v) is 15.8. The number of nitrogens with two attached hydrogens (primary N) is 1. The van der Waals surface area contributed by atoms with Crippen LogP contribution in [0.15, 0.2) is 94.8 Å². The number of esters is 1. The third-order valence-electron chi connectivity index (χ3n) is 14.4. The molecule has 380 valence electrons. The molecule has 4 aromatic carbocycles. The molecule has 10 rings (SSSR count). The van der Waals surface area contributed by atoms with E-state index in [9.17, 15) is 29.1 Å². The Bertz CT molecular complexity index is 3180. The number of aromatic nitrogens is 4. The zero-order valence-electron chi connectivity index (χ0n) is 40.5. The lowest BCUT2D eigenvalue weighted by atomic mass is 9.81. The number of likely N-dealkylation sites (N-methyl/N-ethyl adjacent to an activating group) is 1. The lowest BCUT2D eigenvalue weighted by Crippen LogP contribution is -2.47. The lowest BCUT2D eigenvalue weighted by Gasteiger charge is -2.40. The number of nitrogens with zero attached hydrogens (tertiary/aromatic N) is 6. The highest BCUT2D eigenvalue weighted by atomic mass is 35.5. The van der Waals surface area contributed by atoms with Gasteiger partial charge in [0.05, 0.1) is 24.5 Å². The molecule has 4 heterocycles. The average Bonchev–Trinajstić information content (AvgIpc) is 3.65. The number of aromatic hydroxyl groups is 1. The summed E-state index contributed by atoms with van der Waals surface area (Å²) in [5.41, 5.74) is 12.7. The predicted octanol–water partition coefficient (Wildman–Crippen LogP) is 8.56. The fourth-order valence-corrected chi connectivity index (χ4v) is 11.9. The number of amides is 2. The zero-order valence-corrected chi connectivity index (χ0v) is 43.5. The lowest BCUT2D eigenvalue weighted by molar-refractivity contribution is -0.152. The Morgan fingerprint density at radius 2 is 1.12 bits per heavy atom. The van der Waals surface area contributed by atoms with Gasteiger partial charge in [-0.3, -0.25) is 33.3 Å². The molecule has 2 aliphatic carbocycles. The highest BCUT2D eigenvalue weighted by molar-refractivity contribution is 6.32. The van der Waals surface area contributed by atoms with Crippen molar-refractivity contribution < 1.29 is 29.0 Å². The summed E-state index contributed by atoms with van der Waals surface area (Å²) in [6, 6.07) is 21.7. The van der Waals surface area contributed by atoms with Gasteiger partial charge in [-0.25, -0.2) is 0 Å². The molecule has 4 aliphatic rings. The smallest absolute Gasteiger partial charge is 0.326 e. The van der Waals surface area contributed by atoms with Crippen molar-refractivity contribution >= 4 is 64.2 Å². The Labute approximate surface area is 441 Å². The molecule has 73 heavy (non-hydrogen) atoms. The Morgan fingerprint density at radius 1 is 0.685 bits per heavy atom. The summed E-state index contributed by atoms with van der Waals surface area (Å²) in [5.74, 6) is -2.95. The van der Waals surface area contributed by atoms with Crippen molar-refractivity contribution in [1.29, 1.82) is 0 Å². The fourth-order valence-electron chi connectivity index (χ4n) is 10.8. The van der Waals surface area contributed by atoms with Crippen molar-refractivity contribution in [1.82, 2.24) is 29.4 Å². The minimum Gasteiger partial charge on any atom is -0.502 e. The molecule has 0 saturated carbocycles. The Balaban J connectivity index is 0.000000188. The van der Waals surface area contributed by atoms with Gasteiger partial charge >= 0.3 is 5.97 Å². The van der Waals surface area contributed by atoms with Gasteiger partial charge in [-0.15, -0.1) is 0 Å². The van der Waals surface area contributed by atoms with Gasteiger partial charge in [0.1, 0.15) is 6.04 Å². The number of fused-ring (bicyclic) bond motifs is 6. The first-order valence-electron chi connectivity index (χ1n) is 24.1. The monoisotopic (exact) mass is 1070 g/mol. The molecule has 19 heteroatoms. The summed E-state index contributed by atoms with van der Waals surface area (Å²) in [5, 5.41) is 21.9. The van der Waals surface area contributed by atoms with Crippen LogP contribution in [0, 0.1) is 5.92 Å². The Kier molecular flexibility index (Phi) is 15.1. The van der Waals surface area contributed by atoms with E-state index < -0.39 is 47.4 Å². The number of ether oxygens (including phenoxy) is 2. The van der Waals surface area contributed by atoms with E-state index in [2.05, 4.69) is 22.3 Å². The SMILES string of the molecule is CCCN1CC(C2c3cccc(Cl)c3CCc3c(Cl)cccc32)n2ncc(=O)c(OCOC(=O)C(N)C(C)C)c2C1=O.CN1CC(C2c3cccc(Cl)c3CCc3c(Cl)cccc32)n2ncc(=O)c(O)c2C1=O. The van der Waals surface area contributed by atoms with Gasteiger partial charge in [0.2, 0.25) is 23.4 Å². The molecule has 6 aromatic rings. The number of hydrogen-bond donors (Lipinski definition) is 2. The van der Waals surface area contributed by atoms with Crippen molar-refractivity contribution in [3.63, 3.8) is 0 Å². The molecule has 2 aliphatic heterocycles. The highest BCUT2D eigenvalue weighted by Crippen LogP contribution is 2.48. The Morgan fingerprint density at radius 3 is 1.58 bits per heavy atom. The fraction of sp³-hybridized carbons (Fsp3) is 0.352. The minimum atomic E-state index is -0.846. The summed E-state index contributed by atoms with van der Waals surface area (Å²) in [6.07, 6.45) is 5.77. The van der Waals surface area contributed by atoms with E-state index in [0.29, 0.717) is 59.0 Å². The maximum atomic E-state index is 13.8. The molecule has 0 bridgehead atoms. The quantitative estimate of drug-likeness (QED) is 0.104. The first-order valence-corrected chi connectivity index (χ1v) is 25.6. The number of halogens is 4. The van der Waals surface area contributed by atoms with E-state index in [1.807, 2.05) is 67.6 Å². The van der Waals surface area contributed by atoms with Crippen LogP contribution >= 0.6 is 46.4 Å². The van der Waals surface area contributed by atoms with Gasteiger partial charge < -0.3 is 30.1 Å². The van der Waals surface area contributed by atoms with Crippen LogP contribution in [0.5, 0.6) is 11.5 Å². The summed E-state index contributed by atoms with van der Waals surface area (Å²) in [4.78, 5) is 67.3. The van der Waals surface area contributed by atoms with Gasteiger partial charge in [0.15, 0.2) is 17.1 Å². The molecule has 2 aromatic heterocycles. The van der Waals surface area contributed by atoms with Crippen LogP contribution in [0.4, 0.5) is 0 Å². The van der Waals surface area contributed by atoms with Gasteiger partial charge in [0, 0.05) is 58.6 Å². The summed E-state index contributed by atoms with van der Waals surface area (Å²) >= 11 is 26.7. The molecule has 3 atom stereocenters. The Hall–Kier alpha value is -6.23. The second kappa shape index (κ2) is 21.3. The highest BCUT2D eigenvalue weighted by Gasteiger charge is 2.43. The molecule has 3 unspecified atom stereocenters. The van der Waals surface area contributed by atoms with Crippen LogP contribution in [0.2, 0.25) is 20.1 Å². The predicted molar refractivity (Wildman–Crippen MR) is 279 cm³/mol. The van der Waals surface area contributed by atoms with Crippen molar-refractivity contribution in [3.8, 4) is 11.5 Å². The van der Waals surface area contributed by atoms with Crippen LogP contribution in [0.25, 0.3) is 0 Å². The summed E-state index contributed by atoms with van der Waals surface area (Å²) in [7, 11) is 1.66. The second-order valence-electron chi connectivity index (χ2n) is 19.0. The molecule has 3 N–H and O–H groups in total. The number of rotatable bonds is 9. The molecule has 0 saturated heterocycles. The molecule has 2 amide bonds. The van der Waals surface area contributed by atoms with Crippen molar-refractivity contribution in [3.05, 3.63) is 182 Å². The van der Waals surface area contributed by atoms with Crippen molar-refractivity contribution in [2.75, 3.05) is 33.5 Å². The second-order valence-corrected chi connectivity index (χ2v) is 20.7. The standard InChI is InChI=1S/C31H34Cl2N4O5.C23H19Cl2N3O3/c1-4-13-36-15-24(26-20-7-5-9-22(32)18(20)11-12-19-21(26)8-6-10-23(19)33)37-28(30(36)39)29(25(38)14-35-37)41-16-42-31(40)27(34)17(2)3;1-27-11-18(28-21(23(27)31)22(30)19(29)10-26-28)20-14-4-2-6-16(24)12(14)8-9-13-15(20)5-3-7-17(13)25/h5-10,14,17,24,26-27H,4,11-13,15-16,34H2,1-3H3;2-7,10,18,20,30H,8-9,11H2,1H3. The topological polar surface area (TPSA) is 192 Å². The number of benzene rings is 4. The maximum Gasteiger partial charge on any atom is 0.326 e. The van der Waals surface area contributed by atoms with Crippen LogP contribution in [0.1, 0.15) is 117 Å². The summed E-state index contributed by atoms with van der Waals surface area (Å²) < 4.78 is 14.0. The molecular weight excluding hydrogens is 1020 g/mol. The first-order chi connectivity index (χ1) is 35.0. The van der Waals surface area contributed by atoms with Gasteiger partial charge in [-0.1, -0.05) is 116 Å². The van der Waals surface area contributed by atoms with Crippen LogP contribution in [0.3, 0.4) is 0 Å². The molecular formula is C54H53Cl4N7O8. The molecule has 0 spiro atoms. The average molecular weight is 1070 g/mol. The van der Waals surface area contributed by atoms with E-state index in [1.54, 1.807) is 30.5 Å². The van der Waals surface area contributed by atoms with Gasteiger partial charge in [0.25, 0.3) is 11.8 Å². The number of hydrogen-bond acceptors (Lipinski definition) is 11. The van der Waals surface area contributed by atoms with Gasteiger partial charge in [-0.05, 0) is 107 Å². The number of carbonyl (C=O) groups excluding carboxylic acids is 3. The van der Waals surface area contributed by atoms with Crippen molar-refractivity contribution in [2.45, 2.75) is 82.8 Å². The molecule has 0 radical (unpaired) electrons. The van der Waals surface area contributed by atoms with E-state index in [4.69, 9.17) is 61.6 Å². The van der Waals surface area contributed by atoms with E-state index >= 15 is 0 Å². The normalized spacial score (nSPS) is 17.7. The van der Waals surface area contributed by atoms with Crippen molar-refractivity contribution in [2.24, 2.45) is 11.7 Å². The van der Waals surface area contributed by atoms with E-state index in [-0.39, 0.29) is 46.8 Å². The molecule has 0 fully saturated rings. The minimum absolute atomic E-state index is 0.00723. The summed E-state index contributed by atoms with van der Waals surface area (Å²) in [6.45, 7) is 6.16. The van der Waals surface area contributed by atoms with E-state index in [1.165, 1.54) is 9.58 Å². The molecule has 15 nitrogen and oxygen atoms in total.